The number of carbonyl (C=O) groups excluding carboxylic acids is 1. The van der Waals surface area contributed by atoms with Gasteiger partial charge in [-0.15, -0.1) is 0 Å². The second kappa shape index (κ2) is 7.26. The van der Waals surface area contributed by atoms with E-state index in [1.165, 1.54) is 13.0 Å². The number of hydrogen-bond donors (Lipinski definition) is 1. The second-order valence-electron chi connectivity index (χ2n) is 5.78. The van der Waals surface area contributed by atoms with Gasteiger partial charge in [-0.1, -0.05) is 0 Å². The van der Waals surface area contributed by atoms with Gasteiger partial charge in [0, 0.05) is 23.8 Å². The van der Waals surface area contributed by atoms with E-state index < -0.39 is 46.8 Å². The van der Waals surface area contributed by atoms with Gasteiger partial charge >= 0.3 is 0 Å². The second-order valence-corrected chi connectivity index (χ2v) is 5.78. The highest BCUT2D eigenvalue weighted by molar-refractivity contribution is 6.03. The smallest absolute Gasteiger partial charge is 0.258 e. The summed E-state index contributed by atoms with van der Waals surface area (Å²) in [5.41, 5.74) is -0.654. The van der Waals surface area contributed by atoms with Gasteiger partial charge in [-0.2, -0.15) is 0 Å². The molecule has 1 unspecified atom stereocenters. The summed E-state index contributed by atoms with van der Waals surface area (Å²) in [6, 6.07) is 3.86. The topological polar surface area (TPSA) is 41.6 Å². The minimum atomic E-state index is -1.24. The van der Waals surface area contributed by atoms with E-state index in [1.54, 1.807) is 0 Å². The van der Waals surface area contributed by atoms with Crippen LogP contribution >= 0.6 is 0 Å². The van der Waals surface area contributed by atoms with Crippen molar-refractivity contribution < 1.29 is 31.5 Å². The standard InChI is InChI=1S/C18H13F5N2O2/c1-9-24-16(27-8-10-2-3-11(19)4-13(10)21)7-17(26)25(9)18-14(22)5-12(20)6-15(18)23/h2-7,9,24H,8H2,1H3. The number of halogens is 5. The molecule has 1 aliphatic rings. The average Bonchev–Trinajstić information content (AvgIpc) is 2.55. The van der Waals surface area contributed by atoms with Gasteiger partial charge in [0.1, 0.15) is 35.9 Å². The number of amides is 1. The predicted molar refractivity (Wildman–Crippen MR) is 85.6 cm³/mol. The zero-order valence-electron chi connectivity index (χ0n) is 13.9. The molecule has 0 aromatic heterocycles. The summed E-state index contributed by atoms with van der Waals surface area (Å²) in [5, 5.41) is 2.69. The van der Waals surface area contributed by atoms with Crippen LogP contribution < -0.4 is 10.2 Å². The molecule has 1 atom stereocenters. The average molecular weight is 384 g/mol. The maximum absolute atomic E-state index is 14.0. The van der Waals surface area contributed by atoms with Crippen molar-refractivity contribution >= 4 is 11.6 Å². The molecule has 1 aliphatic heterocycles. The van der Waals surface area contributed by atoms with Gasteiger partial charge in [0.25, 0.3) is 5.91 Å². The fraction of sp³-hybridized carbons (Fsp3) is 0.167. The lowest BCUT2D eigenvalue weighted by molar-refractivity contribution is -0.115. The molecule has 0 aliphatic carbocycles. The number of hydrogen-bond acceptors (Lipinski definition) is 3. The maximum atomic E-state index is 14.0. The van der Waals surface area contributed by atoms with Crippen LogP contribution in [0.15, 0.2) is 42.3 Å². The van der Waals surface area contributed by atoms with Gasteiger partial charge in [-0.05, 0) is 19.1 Å². The molecule has 27 heavy (non-hydrogen) atoms. The number of anilines is 1. The Morgan fingerprint density at radius 2 is 1.63 bits per heavy atom. The van der Waals surface area contributed by atoms with Crippen LogP contribution in [0.25, 0.3) is 0 Å². The molecule has 0 radical (unpaired) electrons. The van der Waals surface area contributed by atoms with E-state index in [9.17, 15) is 26.7 Å². The van der Waals surface area contributed by atoms with E-state index >= 15 is 0 Å². The van der Waals surface area contributed by atoms with Crippen molar-refractivity contribution in [3.05, 3.63) is 76.9 Å². The van der Waals surface area contributed by atoms with Crippen molar-refractivity contribution in [3.8, 4) is 0 Å². The van der Waals surface area contributed by atoms with E-state index in [4.69, 9.17) is 4.74 Å². The SMILES string of the molecule is CC1NC(OCc2ccc(F)cc2F)=CC(=O)N1c1c(F)cc(F)cc1F. The predicted octanol–water partition coefficient (Wildman–Crippen LogP) is 3.72. The van der Waals surface area contributed by atoms with Gasteiger partial charge in [-0.25, -0.2) is 22.0 Å². The summed E-state index contributed by atoms with van der Waals surface area (Å²) in [4.78, 5) is 13.1. The van der Waals surface area contributed by atoms with Gasteiger partial charge in [0.2, 0.25) is 0 Å². The van der Waals surface area contributed by atoms with Crippen LogP contribution in [-0.4, -0.2) is 12.1 Å². The molecule has 0 saturated carbocycles. The zero-order chi connectivity index (χ0) is 19.7. The molecule has 0 bridgehead atoms. The minimum Gasteiger partial charge on any atom is -0.474 e. The first kappa shape index (κ1) is 18.7. The first-order valence-corrected chi connectivity index (χ1v) is 7.79. The largest absolute Gasteiger partial charge is 0.474 e. The number of benzene rings is 2. The summed E-state index contributed by atoms with van der Waals surface area (Å²) in [5.74, 6) is -6.02. The highest BCUT2D eigenvalue weighted by atomic mass is 19.2. The Bertz CT molecular complexity index is 909. The van der Waals surface area contributed by atoms with Crippen molar-refractivity contribution in [2.24, 2.45) is 0 Å². The number of nitrogens with zero attached hydrogens (tertiary/aromatic N) is 1. The summed E-state index contributed by atoms with van der Waals surface area (Å²) in [7, 11) is 0. The van der Waals surface area contributed by atoms with Crippen LogP contribution in [0.5, 0.6) is 0 Å². The van der Waals surface area contributed by atoms with Crippen molar-refractivity contribution in [1.29, 1.82) is 0 Å². The molecule has 142 valence electrons. The van der Waals surface area contributed by atoms with Crippen LogP contribution in [0.2, 0.25) is 0 Å². The molecule has 0 saturated heterocycles. The van der Waals surface area contributed by atoms with E-state index in [-0.39, 0.29) is 18.1 Å². The third-order valence-corrected chi connectivity index (χ3v) is 3.85. The molecular weight excluding hydrogens is 371 g/mol. The molecule has 4 nitrogen and oxygen atoms in total. The fourth-order valence-corrected chi connectivity index (χ4v) is 2.63. The van der Waals surface area contributed by atoms with Crippen LogP contribution in [0, 0.1) is 29.1 Å². The number of nitrogens with one attached hydrogen (secondary N) is 1. The highest BCUT2D eigenvalue weighted by Gasteiger charge is 2.31. The van der Waals surface area contributed by atoms with Crippen LogP contribution in [0.4, 0.5) is 27.6 Å². The molecule has 2 aromatic carbocycles. The van der Waals surface area contributed by atoms with Gasteiger partial charge in [0.15, 0.2) is 17.5 Å². The van der Waals surface area contributed by atoms with E-state index in [1.807, 2.05) is 0 Å². The molecule has 1 N–H and O–H groups in total. The Morgan fingerprint density at radius 3 is 2.22 bits per heavy atom. The summed E-state index contributed by atoms with van der Waals surface area (Å²) >= 11 is 0. The fourth-order valence-electron chi connectivity index (χ4n) is 2.63. The third-order valence-electron chi connectivity index (χ3n) is 3.85. The van der Waals surface area contributed by atoms with Crippen molar-refractivity contribution in [3.63, 3.8) is 0 Å². The first-order valence-electron chi connectivity index (χ1n) is 7.79. The van der Waals surface area contributed by atoms with Crippen molar-refractivity contribution in [1.82, 2.24) is 5.32 Å². The van der Waals surface area contributed by atoms with Crippen molar-refractivity contribution in [2.75, 3.05) is 4.90 Å². The van der Waals surface area contributed by atoms with Gasteiger partial charge in [-0.3, -0.25) is 9.69 Å². The monoisotopic (exact) mass is 384 g/mol. The Labute approximate surface area is 150 Å². The van der Waals surface area contributed by atoms with E-state index in [0.29, 0.717) is 18.2 Å². The molecule has 3 rings (SSSR count). The number of ether oxygens (including phenoxy) is 1. The molecule has 2 aromatic rings. The molecular formula is C18H13F5N2O2. The van der Waals surface area contributed by atoms with Crippen LogP contribution in [0.1, 0.15) is 12.5 Å². The lowest BCUT2D eigenvalue weighted by Gasteiger charge is -2.34. The third kappa shape index (κ3) is 3.86. The first-order chi connectivity index (χ1) is 12.8. The van der Waals surface area contributed by atoms with E-state index in [0.717, 1.165) is 17.0 Å². The lowest BCUT2D eigenvalue weighted by Crippen LogP contribution is -2.51. The summed E-state index contributed by atoms with van der Waals surface area (Å²) in [6.45, 7) is 1.12. The van der Waals surface area contributed by atoms with Crippen LogP contribution in [-0.2, 0) is 16.1 Å². The zero-order valence-corrected chi connectivity index (χ0v) is 13.9. The molecule has 0 fully saturated rings. The van der Waals surface area contributed by atoms with E-state index in [2.05, 4.69) is 5.32 Å². The molecule has 0 spiro atoms. The van der Waals surface area contributed by atoms with Gasteiger partial charge < -0.3 is 10.1 Å². The Morgan fingerprint density at radius 1 is 1.00 bits per heavy atom. The normalized spacial score (nSPS) is 16.8. The quantitative estimate of drug-likeness (QED) is 0.817. The van der Waals surface area contributed by atoms with Crippen LogP contribution in [0.3, 0.4) is 0 Å². The maximum Gasteiger partial charge on any atom is 0.258 e. The lowest BCUT2D eigenvalue weighted by atomic mass is 10.2. The molecule has 1 heterocycles. The number of carbonyl (C=O) groups is 1. The summed E-state index contributed by atoms with van der Waals surface area (Å²) in [6.07, 6.45) is -0.0195. The molecule has 9 heteroatoms. The minimum absolute atomic E-state index is 0.0530. The highest BCUT2D eigenvalue weighted by Crippen LogP contribution is 2.28. The number of rotatable bonds is 4. The summed E-state index contributed by atoms with van der Waals surface area (Å²) < 4.78 is 72.8. The van der Waals surface area contributed by atoms with Crippen molar-refractivity contribution in [2.45, 2.75) is 19.7 Å². The molecule has 1 amide bonds. The van der Waals surface area contributed by atoms with Gasteiger partial charge in [0.05, 0.1) is 6.08 Å². The Balaban J connectivity index is 1.79. The Hall–Kier alpha value is -3.10. The Kier molecular flexibility index (Phi) is 5.02.